The second-order valence-corrected chi connectivity index (χ2v) is 4.33. The van der Waals surface area contributed by atoms with Crippen LogP contribution in [0.15, 0.2) is 30.3 Å². The number of halogens is 1. The molecule has 3 heteroatoms. The molecule has 0 aromatic heterocycles. The van der Waals surface area contributed by atoms with Crippen LogP contribution >= 0.6 is 11.6 Å². The lowest BCUT2D eigenvalue weighted by molar-refractivity contribution is 0.193. The molecule has 0 N–H and O–H groups in total. The Hall–Kier alpha value is -0.730. The Morgan fingerprint density at radius 1 is 1.19 bits per heavy atom. The largest absolute Gasteiger partial charge is 0.494 e. The van der Waals surface area contributed by atoms with E-state index in [0.717, 1.165) is 31.6 Å². The van der Waals surface area contributed by atoms with Gasteiger partial charge in [-0.15, -0.1) is 11.6 Å². The van der Waals surface area contributed by atoms with Gasteiger partial charge < -0.3 is 9.47 Å². The van der Waals surface area contributed by atoms with Gasteiger partial charge in [0.1, 0.15) is 5.75 Å². The highest BCUT2D eigenvalue weighted by atomic mass is 35.5. The van der Waals surface area contributed by atoms with Gasteiger partial charge in [0, 0.05) is 7.11 Å². The van der Waals surface area contributed by atoms with Gasteiger partial charge in [-0.1, -0.05) is 18.2 Å². The number of hydrogen-bond donors (Lipinski definition) is 0. The predicted molar refractivity (Wildman–Crippen MR) is 67.3 cm³/mol. The van der Waals surface area contributed by atoms with Crippen LogP contribution in [0.1, 0.15) is 19.3 Å². The fraction of sp³-hybridized carbons (Fsp3) is 0.538. The summed E-state index contributed by atoms with van der Waals surface area (Å²) in [6.07, 6.45) is 3.08. The number of benzene rings is 1. The van der Waals surface area contributed by atoms with Gasteiger partial charge in [-0.3, -0.25) is 0 Å². The Balaban J connectivity index is 2.00. The third kappa shape index (κ3) is 5.99. The van der Waals surface area contributed by atoms with Crippen molar-refractivity contribution in [3.8, 4) is 5.75 Å². The summed E-state index contributed by atoms with van der Waals surface area (Å²) < 4.78 is 10.5. The molecule has 0 heterocycles. The number of unbranched alkanes of at least 4 members (excludes halogenated alkanes) is 1. The molecule has 0 saturated carbocycles. The summed E-state index contributed by atoms with van der Waals surface area (Å²) in [5.74, 6) is 0.932. The zero-order valence-electron chi connectivity index (χ0n) is 9.69. The van der Waals surface area contributed by atoms with E-state index >= 15 is 0 Å². The predicted octanol–water partition coefficient (Wildman–Crippen LogP) is 3.49. The zero-order chi connectivity index (χ0) is 11.6. The van der Waals surface area contributed by atoms with Gasteiger partial charge in [0.25, 0.3) is 0 Å². The smallest absolute Gasteiger partial charge is 0.119 e. The Morgan fingerprint density at radius 2 is 1.94 bits per heavy atom. The fourth-order valence-electron chi connectivity index (χ4n) is 1.44. The molecule has 1 unspecified atom stereocenters. The highest BCUT2D eigenvalue weighted by Gasteiger charge is 2.02. The molecule has 0 aliphatic carbocycles. The molecular weight excluding hydrogens is 224 g/mol. The van der Waals surface area contributed by atoms with Crippen molar-refractivity contribution in [2.24, 2.45) is 0 Å². The third-order valence-electron chi connectivity index (χ3n) is 2.27. The average molecular weight is 243 g/mol. The van der Waals surface area contributed by atoms with Crippen molar-refractivity contribution >= 4 is 11.6 Å². The van der Waals surface area contributed by atoms with E-state index in [0.29, 0.717) is 6.61 Å². The van der Waals surface area contributed by atoms with E-state index in [2.05, 4.69) is 0 Å². The van der Waals surface area contributed by atoms with E-state index < -0.39 is 0 Å². The molecule has 0 spiro atoms. The summed E-state index contributed by atoms with van der Waals surface area (Å²) in [5.41, 5.74) is 0. The summed E-state index contributed by atoms with van der Waals surface area (Å²) in [5, 5.41) is 0.127. The molecule has 2 nitrogen and oxygen atoms in total. The molecule has 0 radical (unpaired) electrons. The van der Waals surface area contributed by atoms with Gasteiger partial charge in [-0.25, -0.2) is 0 Å². The Labute approximate surface area is 103 Å². The van der Waals surface area contributed by atoms with Crippen molar-refractivity contribution in [2.75, 3.05) is 20.3 Å². The minimum atomic E-state index is 0.127. The molecule has 0 saturated heterocycles. The third-order valence-corrected chi connectivity index (χ3v) is 2.62. The van der Waals surface area contributed by atoms with Crippen molar-refractivity contribution < 1.29 is 9.47 Å². The summed E-state index contributed by atoms with van der Waals surface area (Å²) in [6, 6.07) is 9.87. The normalized spacial score (nSPS) is 12.4. The molecule has 0 aliphatic rings. The van der Waals surface area contributed by atoms with Crippen LogP contribution in [0.2, 0.25) is 0 Å². The number of rotatable bonds is 8. The van der Waals surface area contributed by atoms with Gasteiger partial charge in [0.05, 0.1) is 18.6 Å². The number of ether oxygens (including phenoxy) is 2. The first-order valence-corrected chi connectivity index (χ1v) is 6.07. The molecule has 1 rings (SSSR count). The average Bonchev–Trinajstić information content (AvgIpc) is 2.30. The van der Waals surface area contributed by atoms with E-state index in [1.165, 1.54) is 0 Å². The van der Waals surface area contributed by atoms with Crippen LogP contribution in [0.3, 0.4) is 0 Å². The van der Waals surface area contributed by atoms with Crippen LogP contribution in [-0.2, 0) is 4.74 Å². The molecule has 0 fully saturated rings. The first-order chi connectivity index (χ1) is 7.83. The van der Waals surface area contributed by atoms with Crippen molar-refractivity contribution in [1.82, 2.24) is 0 Å². The first-order valence-electron chi connectivity index (χ1n) is 5.64. The lowest BCUT2D eigenvalue weighted by Gasteiger charge is -2.08. The minimum Gasteiger partial charge on any atom is -0.494 e. The molecule has 1 aromatic carbocycles. The van der Waals surface area contributed by atoms with E-state index in [4.69, 9.17) is 21.1 Å². The summed E-state index contributed by atoms with van der Waals surface area (Å²) >= 11 is 6.01. The van der Waals surface area contributed by atoms with Gasteiger partial charge in [-0.2, -0.15) is 0 Å². The Bertz CT molecular complexity index is 264. The van der Waals surface area contributed by atoms with Gasteiger partial charge >= 0.3 is 0 Å². The molecule has 0 amide bonds. The van der Waals surface area contributed by atoms with E-state index in [1.54, 1.807) is 7.11 Å². The van der Waals surface area contributed by atoms with E-state index in [1.807, 2.05) is 30.3 Å². The zero-order valence-corrected chi connectivity index (χ0v) is 10.5. The molecule has 0 aliphatic heterocycles. The number of methoxy groups -OCH3 is 1. The standard InChI is InChI=1S/C13H19ClO2/c1-15-11-12(14)7-5-6-10-16-13-8-3-2-4-9-13/h2-4,8-9,12H,5-7,10-11H2,1H3. The molecule has 0 bridgehead atoms. The minimum absolute atomic E-state index is 0.127. The topological polar surface area (TPSA) is 18.5 Å². The van der Waals surface area contributed by atoms with Crippen molar-refractivity contribution in [3.05, 3.63) is 30.3 Å². The van der Waals surface area contributed by atoms with E-state index in [-0.39, 0.29) is 5.38 Å². The molecular formula is C13H19ClO2. The maximum Gasteiger partial charge on any atom is 0.119 e. The van der Waals surface area contributed by atoms with Gasteiger partial charge in [0.2, 0.25) is 0 Å². The molecule has 16 heavy (non-hydrogen) atoms. The lowest BCUT2D eigenvalue weighted by atomic mass is 10.2. The van der Waals surface area contributed by atoms with Crippen LogP contribution in [0.4, 0.5) is 0 Å². The maximum absolute atomic E-state index is 6.01. The van der Waals surface area contributed by atoms with Crippen LogP contribution in [0, 0.1) is 0 Å². The van der Waals surface area contributed by atoms with Crippen LogP contribution in [0.5, 0.6) is 5.75 Å². The van der Waals surface area contributed by atoms with Crippen LogP contribution < -0.4 is 4.74 Å². The molecule has 1 atom stereocenters. The van der Waals surface area contributed by atoms with Crippen molar-refractivity contribution in [3.63, 3.8) is 0 Å². The number of para-hydroxylation sites is 1. The van der Waals surface area contributed by atoms with Crippen molar-refractivity contribution in [2.45, 2.75) is 24.6 Å². The highest BCUT2D eigenvalue weighted by molar-refractivity contribution is 6.20. The molecule has 90 valence electrons. The highest BCUT2D eigenvalue weighted by Crippen LogP contribution is 2.11. The quantitative estimate of drug-likeness (QED) is 0.513. The summed E-state index contributed by atoms with van der Waals surface area (Å²) in [6.45, 7) is 1.38. The second-order valence-electron chi connectivity index (χ2n) is 3.71. The van der Waals surface area contributed by atoms with Gasteiger partial charge in [0.15, 0.2) is 0 Å². The molecule has 1 aromatic rings. The first kappa shape index (κ1) is 13.3. The number of hydrogen-bond acceptors (Lipinski definition) is 2. The van der Waals surface area contributed by atoms with Crippen molar-refractivity contribution in [1.29, 1.82) is 0 Å². The second kappa shape index (κ2) is 8.43. The SMILES string of the molecule is COCC(Cl)CCCCOc1ccccc1. The van der Waals surface area contributed by atoms with Gasteiger partial charge in [-0.05, 0) is 31.4 Å². The summed E-state index contributed by atoms with van der Waals surface area (Å²) in [7, 11) is 1.67. The van der Waals surface area contributed by atoms with Crippen LogP contribution in [-0.4, -0.2) is 25.7 Å². The summed E-state index contributed by atoms with van der Waals surface area (Å²) in [4.78, 5) is 0. The monoisotopic (exact) mass is 242 g/mol. The lowest BCUT2D eigenvalue weighted by Crippen LogP contribution is -2.07. The Kier molecular flexibility index (Phi) is 7.02. The fourth-order valence-corrected chi connectivity index (χ4v) is 1.72. The maximum atomic E-state index is 6.01. The Morgan fingerprint density at radius 3 is 2.62 bits per heavy atom. The van der Waals surface area contributed by atoms with E-state index in [9.17, 15) is 0 Å². The van der Waals surface area contributed by atoms with Crippen LogP contribution in [0.25, 0.3) is 0 Å². The number of alkyl halides is 1.